The second kappa shape index (κ2) is 8.29. The highest BCUT2D eigenvalue weighted by atomic mass is 19.1. The molecule has 1 heterocycles. The lowest BCUT2D eigenvalue weighted by Gasteiger charge is -2.08. The molecular formula is C16H21FN4O. The molecule has 22 heavy (non-hydrogen) atoms. The Morgan fingerprint density at radius 2 is 2.09 bits per heavy atom. The van der Waals surface area contributed by atoms with Crippen molar-refractivity contribution >= 4 is 11.6 Å². The summed E-state index contributed by atoms with van der Waals surface area (Å²) >= 11 is 0. The average Bonchev–Trinajstić information content (AvgIpc) is 3.01. The van der Waals surface area contributed by atoms with Crippen LogP contribution in [0.25, 0.3) is 5.69 Å². The molecule has 0 radical (unpaired) electrons. The molecule has 0 atom stereocenters. The van der Waals surface area contributed by atoms with E-state index in [1.165, 1.54) is 12.4 Å². The SMILES string of the molecule is NCCCCCCC(=O)Nc1ccc(-n2ccnc2)c(F)c1. The molecule has 6 heteroatoms. The first kappa shape index (κ1) is 16.2. The van der Waals surface area contributed by atoms with Crippen LogP contribution in [0.15, 0.2) is 36.9 Å². The van der Waals surface area contributed by atoms with E-state index in [4.69, 9.17) is 5.73 Å². The van der Waals surface area contributed by atoms with Gasteiger partial charge in [0.05, 0.1) is 12.0 Å². The maximum absolute atomic E-state index is 14.0. The van der Waals surface area contributed by atoms with Crippen molar-refractivity contribution in [3.63, 3.8) is 0 Å². The lowest BCUT2D eigenvalue weighted by molar-refractivity contribution is -0.116. The molecule has 1 aromatic heterocycles. The van der Waals surface area contributed by atoms with Crippen molar-refractivity contribution in [2.24, 2.45) is 5.73 Å². The number of carbonyl (C=O) groups is 1. The maximum Gasteiger partial charge on any atom is 0.224 e. The van der Waals surface area contributed by atoms with E-state index < -0.39 is 5.82 Å². The minimum absolute atomic E-state index is 0.0949. The molecule has 0 bridgehead atoms. The molecule has 2 rings (SSSR count). The van der Waals surface area contributed by atoms with Gasteiger partial charge in [0.25, 0.3) is 0 Å². The molecule has 0 aliphatic heterocycles. The van der Waals surface area contributed by atoms with Crippen molar-refractivity contribution in [2.75, 3.05) is 11.9 Å². The first-order valence-electron chi connectivity index (χ1n) is 7.48. The van der Waals surface area contributed by atoms with Crippen LogP contribution in [-0.4, -0.2) is 22.0 Å². The Morgan fingerprint density at radius 3 is 2.77 bits per heavy atom. The van der Waals surface area contributed by atoms with Crippen molar-refractivity contribution in [1.29, 1.82) is 0 Å². The quantitative estimate of drug-likeness (QED) is 0.737. The number of nitrogens with one attached hydrogen (secondary N) is 1. The Kier molecular flexibility index (Phi) is 6.09. The number of nitrogens with zero attached hydrogens (tertiary/aromatic N) is 2. The molecule has 0 unspecified atom stereocenters. The predicted molar refractivity (Wildman–Crippen MR) is 84.3 cm³/mol. The summed E-state index contributed by atoms with van der Waals surface area (Å²) in [6.07, 6.45) is 9.05. The summed E-state index contributed by atoms with van der Waals surface area (Å²) in [5, 5.41) is 2.72. The molecule has 0 spiro atoms. The fourth-order valence-electron chi connectivity index (χ4n) is 2.20. The van der Waals surface area contributed by atoms with E-state index in [2.05, 4.69) is 10.3 Å². The van der Waals surface area contributed by atoms with E-state index >= 15 is 0 Å². The number of imidazole rings is 1. The molecule has 0 saturated heterocycles. The van der Waals surface area contributed by atoms with Gasteiger partial charge in [-0.25, -0.2) is 9.37 Å². The molecule has 0 aliphatic rings. The molecule has 118 valence electrons. The molecule has 0 fully saturated rings. The van der Waals surface area contributed by atoms with Gasteiger partial charge in [0.1, 0.15) is 5.82 Å². The highest BCUT2D eigenvalue weighted by molar-refractivity contribution is 5.90. The van der Waals surface area contributed by atoms with E-state index in [0.717, 1.165) is 25.7 Å². The number of nitrogens with two attached hydrogens (primary N) is 1. The first-order chi connectivity index (χ1) is 10.7. The third kappa shape index (κ3) is 4.66. The number of amides is 1. The number of hydrogen-bond donors (Lipinski definition) is 2. The Hall–Kier alpha value is -2.21. The van der Waals surface area contributed by atoms with Crippen LogP contribution in [0.3, 0.4) is 0 Å². The van der Waals surface area contributed by atoms with Crippen LogP contribution in [0.5, 0.6) is 0 Å². The summed E-state index contributed by atoms with van der Waals surface area (Å²) in [4.78, 5) is 15.7. The summed E-state index contributed by atoms with van der Waals surface area (Å²) < 4.78 is 15.6. The summed E-state index contributed by atoms with van der Waals surface area (Å²) in [5.74, 6) is -0.499. The van der Waals surface area contributed by atoms with Gasteiger partial charge < -0.3 is 15.6 Å². The van der Waals surface area contributed by atoms with Gasteiger partial charge >= 0.3 is 0 Å². The summed E-state index contributed by atoms with van der Waals surface area (Å²) in [7, 11) is 0. The van der Waals surface area contributed by atoms with Gasteiger partial charge in [-0.15, -0.1) is 0 Å². The zero-order chi connectivity index (χ0) is 15.8. The summed E-state index contributed by atoms with van der Waals surface area (Å²) in [5.41, 5.74) is 6.28. The number of benzene rings is 1. The third-order valence-corrected chi connectivity index (χ3v) is 3.37. The fourth-order valence-corrected chi connectivity index (χ4v) is 2.20. The summed E-state index contributed by atoms with van der Waals surface area (Å²) in [6, 6.07) is 4.63. The zero-order valence-corrected chi connectivity index (χ0v) is 12.5. The molecule has 1 amide bonds. The zero-order valence-electron chi connectivity index (χ0n) is 12.5. The monoisotopic (exact) mass is 304 g/mol. The minimum atomic E-state index is -0.404. The highest BCUT2D eigenvalue weighted by Crippen LogP contribution is 2.18. The van der Waals surface area contributed by atoms with Crippen molar-refractivity contribution in [3.8, 4) is 5.69 Å². The van der Waals surface area contributed by atoms with Crippen LogP contribution in [-0.2, 0) is 4.79 Å². The lowest BCUT2D eigenvalue weighted by Crippen LogP contribution is -2.11. The van der Waals surface area contributed by atoms with Gasteiger partial charge in [0.2, 0.25) is 5.91 Å². The van der Waals surface area contributed by atoms with Gasteiger partial charge in [0, 0.05) is 24.5 Å². The number of anilines is 1. The predicted octanol–water partition coefficient (Wildman–Crippen LogP) is 2.86. The van der Waals surface area contributed by atoms with E-state index in [0.29, 0.717) is 24.3 Å². The topological polar surface area (TPSA) is 72.9 Å². The molecule has 5 nitrogen and oxygen atoms in total. The first-order valence-corrected chi connectivity index (χ1v) is 7.48. The van der Waals surface area contributed by atoms with Crippen LogP contribution in [0.4, 0.5) is 10.1 Å². The standard InChI is InChI=1S/C16H21FN4O/c17-14-11-13(6-7-15(14)21-10-9-19-12-21)20-16(22)5-3-1-2-4-8-18/h6-7,9-12H,1-5,8,18H2,(H,20,22). The van der Waals surface area contributed by atoms with Gasteiger partial charge in [0.15, 0.2) is 0 Å². The average molecular weight is 304 g/mol. The normalized spacial score (nSPS) is 10.6. The number of hydrogen-bond acceptors (Lipinski definition) is 3. The largest absolute Gasteiger partial charge is 0.330 e. The number of carbonyl (C=O) groups excluding carboxylic acids is 1. The molecule has 0 aliphatic carbocycles. The second-order valence-electron chi connectivity index (χ2n) is 5.14. The van der Waals surface area contributed by atoms with Gasteiger partial charge in [-0.1, -0.05) is 12.8 Å². The number of halogens is 1. The second-order valence-corrected chi connectivity index (χ2v) is 5.14. The fraction of sp³-hybridized carbons (Fsp3) is 0.375. The lowest BCUT2D eigenvalue weighted by atomic mass is 10.1. The Bertz CT molecular complexity index is 598. The molecule has 2 aromatic rings. The highest BCUT2D eigenvalue weighted by Gasteiger charge is 2.07. The van der Waals surface area contributed by atoms with E-state index in [1.54, 1.807) is 29.1 Å². The van der Waals surface area contributed by atoms with E-state index in [9.17, 15) is 9.18 Å². The Morgan fingerprint density at radius 1 is 1.27 bits per heavy atom. The van der Waals surface area contributed by atoms with Crippen molar-refractivity contribution in [1.82, 2.24) is 9.55 Å². The summed E-state index contributed by atoms with van der Waals surface area (Å²) in [6.45, 7) is 0.689. The smallest absolute Gasteiger partial charge is 0.224 e. The van der Waals surface area contributed by atoms with Crippen molar-refractivity contribution in [3.05, 3.63) is 42.7 Å². The van der Waals surface area contributed by atoms with Crippen LogP contribution in [0.2, 0.25) is 0 Å². The maximum atomic E-state index is 14.0. The van der Waals surface area contributed by atoms with Gasteiger partial charge in [-0.05, 0) is 37.6 Å². The van der Waals surface area contributed by atoms with Crippen LogP contribution < -0.4 is 11.1 Å². The van der Waals surface area contributed by atoms with E-state index in [-0.39, 0.29) is 5.91 Å². The van der Waals surface area contributed by atoms with Crippen molar-refractivity contribution < 1.29 is 9.18 Å². The number of unbranched alkanes of at least 4 members (excludes halogenated alkanes) is 3. The minimum Gasteiger partial charge on any atom is -0.330 e. The van der Waals surface area contributed by atoms with Crippen molar-refractivity contribution in [2.45, 2.75) is 32.1 Å². The number of rotatable bonds is 8. The Labute approximate surface area is 129 Å². The molecule has 0 saturated carbocycles. The van der Waals surface area contributed by atoms with E-state index in [1.807, 2.05) is 0 Å². The molecule has 3 N–H and O–H groups in total. The van der Waals surface area contributed by atoms with Crippen LogP contribution in [0.1, 0.15) is 32.1 Å². The molecular weight excluding hydrogens is 283 g/mol. The Balaban J connectivity index is 1.85. The molecule has 1 aromatic carbocycles. The van der Waals surface area contributed by atoms with Crippen LogP contribution >= 0.6 is 0 Å². The van der Waals surface area contributed by atoms with Gasteiger partial charge in [-0.3, -0.25) is 4.79 Å². The number of aromatic nitrogens is 2. The van der Waals surface area contributed by atoms with Crippen LogP contribution in [0, 0.1) is 5.82 Å². The van der Waals surface area contributed by atoms with Gasteiger partial charge in [-0.2, -0.15) is 0 Å². The third-order valence-electron chi connectivity index (χ3n) is 3.37.